The molecule has 2 aromatic rings. The van der Waals surface area contributed by atoms with Gasteiger partial charge in [0.05, 0.1) is 18.2 Å². The van der Waals surface area contributed by atoms with Gasteiger partial charge in [-0.15, -0.1) is 0 Å². The number of nitro groups is 1. The summed E-state index contributed by atoms with van der Waals surface area (Å²) in [5, 5.41) is 13.3. The number of anilines is 1. The van der Waals surface area contributed by atoms with Crippen molar-refractivity contribution < 1.29 is 41.1 Å². The molecule has 4 atom stereocenters. The highest BCUT2D eigenvalue weighted by molar-refractivity contribution is 5.97. The van der Waals surface area contributed by atoms with E-state index in [1.54, 1.807) is 0 Å². The summed E-state index contributed by atoms with van der Waals surface area (Å²) in [6.45, 7) is 1.81. The number of benzene rings is 1. The SMILES string of the molecule is COc1c([C@H]2[C@H](C(=O)Nc3cc(=O)[nH]cc3[N+](=O)[O-])O[C@@](C)(C(F)(F)F)[C@H]2C)ccc(F)c1F. The number of aromatic nitrogens is 1. The van der Waals surface area contributed by atoms with E-state index < -0.39 is 74.9 Å². The molecule has 0 unspecified atom stereocenters. The zero-order valence-corrected chi connectivity index (χ0v) is 17.8. The standard InChI is InChI=1S/C20H18F5N3O6/c1-8-14(9-4-5-10(21)15(22)16(9)33-3)17(34-19(8,2)20(23,24)25)18(30)27-11-6-13(29)26-7-12(11)28(31)32/h4-8,14,17H,1-3H3,(H2,26,27,29,30)/t8-,14-,17+,19+/m0/s1. The van der Waals surface area contributed by atoms with E-state index in [0.717, 1.165) is 20.1 Å². The van der Waals surface area contributed by atoms with E-state index in [1.807, 2.05) is 10.3 Å². The maximum atomic E-state index is 14.4. The summed E-state index contributed by atoms with van der Waals surface area (Å²) in [4.78, 5) is 37.0. The van der Waals surface area contributed by atoms with Crippen LogP contribution in [0.4, 0.5) is 33.3 Å². The second-order valence-corrected chi connectivity index (χ2v) is 7.78. The number of alkyl halides is 3. The number of hydrogen-bond acceptors (Lipinski definition) is 6. The fourth-order valence-corrected chi connectivity index (χ4v) is 3.96. The number of hydrogen-bond donors (Lipinski definition) is 2. The van der Waals surface area contributed by atoms with Gasteiger partial charge in [-0.1, -0.05) is 13.0 Å². The molecule has 1 aromatic carbocycles. The third-order valence-electron chi connectivity index (χ3n) is 5.93. The number of nitrogens with one attached hydrogen (secondary N) is 2. The summed E-state index contributed by atoms with van der Waals surface area (Å²) in [7, 11) is 0.972. The Bertz CT molecular complexity index is 1200. The number of aromatic amines is 1. The molecule has 0 aliphatic carbocycles. The number of pyridine rings is 1. The largest absolute Gasteiger partial charge is 0.493 e. The van der Waals surface area contributed by atoms with Crippen LogP contribution in [0.3, 0.4) is 0 Å². The lowest BCUT2D eigenvalue weighted by Gasteiger charge is -2.32. The van der Waals surface area contributed by atoms with E-state index in [4.69, 9.17) is 9.47 Å². The highest BCUT2D eigenvalue weighted by Crippen LogP contribution is 2.55. The van der Waals surface area contributed by atoms with Crippen molar-refractivity contribution in [1.82, 2.24) is 4.98 Å². The normalized spacial score (nSPS) is 24.6. The lowest BCUT2D eigenvalue weighted by Crippen LogP contribution is -2.47. The molecule has 0 radical (unpaired) electrons. The zero-order chi connectivity index (χ0) is 25.6. The van der Waals surface area contributed by atoms with Crippen molar-refractivity contribution in [1.29, 1.82) is 0 Å². The van der Waals surface area contributed by atoms with Crippen LogP contribution in [0.1, 0.15) is 25.3 Å². The van der Waals surface area contributed by atoms with Crippen molar-refractivity contribution in [3.05, 3.63) is 62.1 Å². The van der Waals surface area contributed by atoms with E-state index in [2.05, 4.69) is 0 Å². The first kappa shape index (κ1) is 25.1. The quantitative estimate of drug-likeness (QED) is 0.374. The third-order valence-corrected chi connectivity index (χ3v) is 5.93. The molecule has 2 heterocycles. The first-order chi connectivity index (χ1) is 15.7. The van der Waals surface area contributed by atoms with Crippen LogP contribution >= 0.6 is 0 Å². The fraction of sp³-hybridized carbons (Fsp3) is 0.400. The van der Waals surface area contributed by atoms with Gasteiger partial charge >= 0.3 is 11.9 Å². The summed E-state index contributed by atoms with van der Waals surface area (Å²) in [6, 6.07) is 2.31. The van der Waals surface area contributed by atoms with E-state index in [0.29, 0.717) is 25.3 Å². The van der Waals surface area contributed by atoms with Gasteiger partial charge in [0.1, 0.15) is 11.8 Å². The highest BCUT2D eigenvalue weighted by Gasteiger charge is 2.66. The van der Waals surface area contributed by atoms with Crippen LogP contribution in [-0.4, -0.2) is 40.8 Å². The van der Waals surface area contributed by atoms with Crippen LogP contribution in [0.2, 0.25) is 0 Å². The van der Waals surface area contributed by atoms with Gasteiger partial charge in [-0.05, 0) is 13.0 Å². The predicted octanol–water partition coefficient (Wildman–Crippen LogP) is 3.65. The minimum atomic E-state index is -4.98. The number of carbonyl (C=O) groups excluding carboxylic acids is 1. The second kappa shape index (κ2) is 8.66. The molecule has 1 aromatic heterocycles. The number of halogens is 5. The highest BCUT2D eigenvalue weighted by atomic mass is 19.4. The van der Waals surface area contributed by atoms with Crippen LogP contribution in [0, 0.1) is 27.7 Å². The molecule has 1 saturated heterocycles. The lowest BCUT2D eigenvalue weighted by molar-refractivity contribution is -0.384. The van der Waals surface area contributed by atoms with Gasteiger partial charge in [-0.3, -0.25) is 19.7 Å². The third kappa shape index (κ3) is 4.08. The number of amides is 1. The van der Waals surface area contributed by atoms with Gasteiger partial charge in [0, 0.05) is 23.5 Å². The zero-order valence-electron chi connectivity index (χ0n) is 17.8. The maximum absolute atomic E-state index is 14.4. The second-order valence-electron chi connectivity index (χ2n) is 7.78. The maximum Gasteiger partial charge on any atom is 0.417 e. The van der Waals surface area contributed by atoms with Gasteiger partial charge in [0.15, 0.2) is 17.2 Å². The molecule has 14 heteroatoms. The van der Waals surface area contributed by atoms with Crippen molar-refractivity contribution in [2.75, 3.05) is 12.4 Å². The summed E-state index contributed by atoms with van der Waals surface area (Å²) in [6.07, 6.45) is -6.26. The molecule has 1 aliphatic heterocycles. The number of nitrogens with zero attached hydrogens (tertiary/aromatic N) is 1. The van der Waals surface area contributed by atoms with Crippen molar-refractivity contribution in [3.63, 3.8) is 0 Å². The molecule has 2 N–H and O–H groups in total. The minimum absolute atomic E-state index is 0.276. The Balaban J connectivity index is 2.13. The molecule has 34 heavy (non-hydrogen) atoms. The Hall–Kier alpha value is -3.55. The van der Waals surface area contributed by atoms with Crippen LogP contribution in [0.5, 0.6) is 5.75 Å². The number of carbonyl (C=O) groups is 1. The molecular weight excluding hydrogens is 473 g/mol. The smallest absolute Gasteiger partial charge is 0.417 e. The number of H-pyrrole nitrogens is 1. The molecule has 0 bridgehead atoms. The van der Waals surface area contributed by atoms with E-state index in [9.17, 15) is 41.7 Å². The van der Waals surface area contributed by atoms with Crippen LogP contribution in [0.15, 0.2) is 29.2 Å². The Morgan fingerprint density at radius 3 is 2.53 bits per heavy atom. The molecule has 9 nitrogen and oxygen atoms in total. The van der Waals surface area contributed by atoms with E-state index in [-0.39, 0.29) is 5.56 Å². The topological polar surface area (TPSA) is 124 Å². The van der Waals surface area contributed by atoms with Gasteiger partial charge < -0.3 is 19.8 Å². The Kier molecular flexibility index (Phi) is 6.39. The van der Waals surface area contributed by atoms with Crippen molar-refractivity contribution >= 4 is 17.3 Å². The van der Waals surface area contributed by atoms with E-state index >= 15 is 0 Å². The molecule has 1 fully saturated rings. The summed E-state index contributed by atoms with van der Waals surface area (Å²) >= 11 is 0. The average Bonchev–Trinajstić information content (AvgIpc) is 3.02. The molecule has 184 valence electrons. The number of ether oxygens (including phenoxy) is 2. The Morgan fingerprint density at radius 2 is 1.97 bits per heavy atom. The molecule has 3 rings (SSSR count). The van der Waals surface area contributed by atoms with Gasteiger partial charge in [-0.25, -0.2) is 4.39 Å². The Labute approximate surface area is 188 Å². The van der Waals surface area contributed by atoms with Crippen LogP contribution < -0.4 is 15.6 Å². The molecular formula is C20H18F5N3O6. The first-order valence-electron chi connectivity index (χ1n) is 9.67. The van der Waals surface area contributed by atoms with Crippen LogP contribution in [-0.2, 0) is 9.53 Å². The molecule has 1 aliphatic rings. The Morgan fingerprint density at radius 1 is 1.32 bits per heavy atom. The monoisotopic (exact) mass is 491 g/mol. The van der Waals surface area contributed by atoms with Crippen molar-refractivity contribution in [3.8, 4) is 5.75 Å². The average molecular weight is 491 g/mol. The lowest BCUT2D eigenvalue weighted by atomic mass is 9.77. The van der Waals surface area contributed by atoms with Crippen molar-refractivity contribution in [2.24, 2.45) is 5.92 Å². The fourth-order valence-electron chi connectivity index (χ4n) is 3.96. The summed E-state index contributed by atoms with van der Waals surface area (Å²) in [5.74, 6) is -7.82. The van der Waals surface area contributed by atoms with Gasteiger partial charge in [0.25, 0.3) is 5.91 Å². The number of methoxy groups -OCH3 is 1. The summed E-state index contributed by atoms with van der Waals surface area (Å²) < 4.78 is 79.9. The first-order valence-corrected chi connectivity index (χ1v) is 9.67. The molecule has 1 amide bonds. The van der Waals surface area contributed by atoms with Crippen molar-refractivity contribution in [2.45, 2.75) is 37.6 Å². The number of rotatable bonds is 5. The molecule has 0 spiro atoms. The summed E-state index contributed by atoms with van der Waals surface area (Å²) in [5.41, 5.74) is -5.34. The van der Waals surface area contributed by atoms with Crippen LogP contribution in [0.25, 0.3) is 0 Å². The molecule has 0 saturated carbocycles. The van der Waals surface area contributed by atoms with E-state index in [1.165, 1.54) is 0 Å². The van der Waals surface area contributed by atoms with Gasteiger partial charge in [-0.2, -0.15) is 17.6 Å². The minimum Gasteiger partial charge on any atom is -0.493 e. The predicted molar refractivity (Wildman–Crippen MR) is 106 cm³/mol. The van der Waals surface area contributed by atoms with Gasteiger partial charge in [0.2, 0.25) is 11.4 Å².